The van der Waals surface area contributed by atoms with Crippen LogP contribution in [-0.2, 0) is 13.0 Å². The zero-order valence-electron chi connectivity index (χ0n) is 10.2. The zero-order valence-corrected chi connectivity index (χ0v) is 11.7. The summed E-state index contributed by atoms with van der Waals surface area (Å²) in [5.74, 6) is -0.809. The van der Waals surface area contributed by atoms with Crippen molar-refractivity contribution < 1.29 is 9.18 Å². The number of hydrogen-bond donors (Lipinski definition) is 0. The minimum Gasteiger partial charge on any atom is -0.292 e. The summed E-state index contributed by atoms with van der Waals surface area (Å²) in [5.41, 5.74) is 0.456. The summed E-state index contributed by atoms with van der Waals surface area (Å²) in [7, 11) is 0. The number of aromatic nitrogens is 2. The monoisotopic (exact) mass is 300 g/mol. The minimum atomic E-state index is -0.500. The van der Waals surface area contributed by atoms with E-state index in [9.17, 15) is 9.18 Å². The number of halogens is 3. The van der Waals surface area contributed by atoms with Crippen molar-refractivity contribution in [2.24, 2.45) is 0 Å². The maximum absolute atomic E-state index is 13.6. The highest BCUT2D eigenvalue weighted by atomic mass is 35.5. The van der Waals surface area contributed by atoms with Crippen LogP contribution in [0.15, 0.2) is 24.4 Å². The molecule has 1 aromatic carbocycles. The first-order valence-electron chi connectivity index (χ1n) is 5.72. The topological polar surface area (TPSA) is 34.9 Å². The van der Waals surface area contributed by atoms with Gasteiger partial charge in [0, 0.05) is 23.6 Å². The van der Waals surface area contributed by atoms with Crippen LogP contribution in [0.3, 0.4) is 0 Å². The third kappa shape index (κ3) is 2.80. The molecule has 0 fully saturated rings. The molecule has 0 saturated heterocycles. The third-order valence-electron chi connectivity index (χ3n) is 2.76. The van der Waals surface area contributed by atoms with E-state index in [4.69, 9.17) is 23.2 Å². The second kappa shape index (κ2) is 5.72. The predicted octanol–water partition coefficient (Wildman–Crippen LogP) is 3.77. The Morgan fingerprint density at radius 2 is 2.11 bits per heavy atom. The van der Waals surface area contributed by atoms with Gasteiger partial charge >= 0.3 is 0 Å². The lowest BCUT2D eigenvalue weighted by Gasteiger charge is -2.07. The standard InChI is InChI=1S/C13H11Cl2FN2O/c1-2-18-13(10(15)7-17-18)12(19)6-8-9(14)4-3-5-11(8)16/h3-5,7H,2,6H2,1H3. The van der Waals surface area contributed by atoms with Gasteiger partial charge in [0.25, 0.3) is 0 Å². The van der Waals surface area contributed by atoms with Gasteiger partial charge < -0.3 is 0 Å². The predicted molar refractivity (Wildman–Crippen MR) is 72.4 cm³/mol. The molecule has 6 heteroatoms. The van der Waals surface area contributed by atoms with E-state index in [1.54, 1.807) is 6.07 Å². The molecule has 0 aliphatic heterocycles. The molecule has 0 unspecified atom stereocenters. The molecule has 2 rings (SSSR count). The van der Waals surface area contributed by atoms with Crippen LogP contribution >= 0.6 is 23.2 Å². The molecule has 100 valence electrons. The highest BCUT2D eigenvalue weighted by molar-refractivity contribution is 6.34. The molecule has 0 N–H and O–H groups in total. The molecule has 0 saturated carbocycles. The molecule has 0 bridgehead atoms. The van der Waals surface area contributed by atoms with E-state index in [0.29, 0.717) is 6.54 Å². The summed E-state index contributed by atoms with van der Waals surface area (Å²) in [4.78, 5) is 12.2. The van der Waals surface area contributed by atoms with Crippen LogP contribution in [-0.4, -0.2) is 15.6 Å². The summed E-state index contributed by atoms with van der Waals surface area (Å²) in [6, 6.07) is 4.31. The number of Topliss-reactive ketones (excluding diaryl/α,β-unsaturated/α-hetero) is 1. The van der Waals surface area contributed by atoms with Gasteiger partial charge in [0.1, 0.15) is 11.5 Å². The number of aryl methyl sites for hydroxylation is 1. The molecule has 3 nitrogen and oxygen atoms in total. The SMILES string of the molecule is CCn1ncc(Cl)c1C(=O)Cc1c(F)cccc1Cl. The molecule has 0 atom stereocenters. The summed E-state index contributed by atoms with van der Waals surface area (Å²) in [6.45, 7) is 2.36. The lowest BCUT2D eigenvalue weighted by atomic mass is 10.1. The molecule has 2 aromatic rings. The van der Waals surface area contributed by atoms with Gasteiger partial charge in [0.2, 0.25) is 0 Å². The summed E-state index contributed by atoms with van der Waals surface area (Å²) in [6.07, 6.45) is 1.26. The van der Waals surface area contributed by atoms with Gasteiger partial charge in [-0.2, -0.15) is 5.10 Å². The quantitative estimate of drug-likeness (QED) is 0.806. The maximum Gasteiger partial charge on any atom is 0.186 e. The van der Waals surface area contributed by atoms with Crippen LogP contribution in [0.2, 0.25) is 10.0 Å². The first kappa shape index (κ1) is 14.0. The number of carbonyl (C=O) groups is 1. The normalized spacial score (nSPS) is 10.7. The Hall–Kier alpha value is -1.39. The van der Waals surface area contributed by atoms with Gasteiger partial charge in [-0.05, 0) is 19.1 Å². The molecule has 0 aliphatic rings. The van der Waals surface area contributed by atoms with Crippen molar-refractivity contribution in [3.05, 3.63) is 51.5 Å². The van der Waals surface area contributed by atoms with Gasteiger partial charge in [-0.25, -0.2) is 4.39 Å². The Morgan fingerprint density at radius 1 is 1.37 bits per heavy atom. The molecule has 1 heterocycles. The summed E-state index contributed by atoms with van der Waals surface area (Å²) < 4.78 is 15.1. The van der Waals surface area contributed by atoms with E-state index >= 15 is 0 Å². The molecule has 0 amide bonds. The number of carbonyl (C=O) groups excluding carboxylic acids is 1. The van der Waals surface area contributed by atoms with E-state index in [1.807, 2.05) is 6.92 Å². The Bertz CT molecular complexity index is 605. The average Bonchev–Trinajstić information content (AvgIpc) is 2.75. The molecule has 1 aromatic heterocycles. The van der Waals surface area contributed by atoms with E-state index in [0.717, 1.165) is 0 Å². The fraction of sp³-hybridized carbons (Fsp3) is 0.231. The summed E-state index contributed by atoms with van der Waals surface area (Å²) >= 11 is 11.8. The van der Waals surface area contributed by atoms with Crippen molar-refractivity contribution in [3.8, 4) is 0 Å². The molecule has 0 aliphatic carbocycles. The second-order valence-corrected chi connectivity index (χ2v) is 4.77. The van der Waals surface area contributed by atoms with Crippen LogP contribution < -0.4 is 0 Å². The lowest BCUT2D eigenvalue weighted by molar-refractivity contribution is 0.0981. The molecule has 0 radical (unpaired) electrons. The third-order valence-corrected chi connectivity index (χ3v) is 3.39. The first-order chi connectivity index (χ1) is 9.04. The Labute approximate surface area is 119 Å². The number of hydrogen-bond acceptors (Lipinski definition) is 2. The average molecular weight is 301 g/mol. The van der Waals surface area contributed by atoms with Crippen LogP contribution in [0, 0.1) is 5.82 Å². The van der Waals surface area contributed by atoms with Crippen molar-refractivity contribution in [2.75, 3.05) is 0 Å². The van der Waals surface area contributed by atoms with E-state index in [2.05, 4.69) is 5.10 Å². The minimum absolute atomic E-state index is 0.142. The van der Waals surface area contributed by atoms with Crippen molar-refractivity contribution >= 4 is 29.0 Å². The van der Waals surface area contributed by atoms with Crippen molar-refractivity contribution in [2.45, 2.75) is 19.9 Å². The van der Waals surface area contributed by atoms with Crippen LogP contribution in [0.4, 0.5) is 4.39 Å². The van der Waals surface area contributed by atoms with Crippen molar-refractivity contribution in [1.82, 2.24) is 9.78 Å². The van der Waals surface area contributed by atoms with E-state index in [1.165, 1.54) is 23.0 Å². The first-order valence-corrected chi connectivity index (χ1v) is 6.47. The molecule has 19 heavy (non-hydrogen) atoms. The Balaban J connectivity index is 2.34. The van der Waals surface area contributed by atoms with Crippen molar-refractivity contribution in [1.29, 1.82) is 0 Å². The second-order valence-electron chi connectivity index (χ2n) is 3.96. The van der Waals surface area contributed by atoms with Crippen molar-refractivity contribution in [3.63, 3.8) is 0 Å². The lowest BCUT2D eigenvalue weighted by Crippen LogP contribution is -2.13. The molecular weight excluding hydrogens is 290 g/mol. The zero-order chi connectivity index (χ0) is 14.0. The maximum atomic E-state index is 13.6. The van der Waals surface area contributed by atoms with Gasteiger partial charge in [-0.1, -0.05) is 29.3 Å². The number of rotatable bonds is 4. The van der Waals surface area contributed by atoms with E-state index in [-0.39, 0.29) is 33.5 Å². The fourth-order valence-corrected chi connectivity index (χ4v) is 2.30. The number of nitrogens with zero attached hydrogens (tertiary/aromatic N) is 2. The van der Waals surface area contributed by atoms with Crippen LogP contribution in [0.1, 0.15) is 23.0 Å². The largest absolute Gasteiger partial charge is 0.292 e. The highest BCUT2D eigenvalue weighted by Gasteiger charge is 2.19. The van der Waals surface area contributed by atoms with Gasteiger partial charge in [-0.15, -0.1) is 0 Å². The van der Waals surface area contributed by atoms with E-state index < -0.39 is 5.82 Å². The Kier molecular flexibility index (Phi) is 4.22. The highest BCUT2D eigenvalue weighted by Crippen LogP contribution is 2.23. The van der Waals surface area contributed by atoms with Gasteiger partial charge in [0.05, 0.1) is 11.2 Å². The molecule has 0 spiro atoms. The fourth-order valence-electron chi connectivity index (χ4n) is 1.82. The van der Waals surface area contributed by atoms with Crippen LogP contribution in [0.25, 0.3) is 0 Å². The Morgan fingerprint density at radius 3 is 2.74 bits per heavy atom. The van der Waals surface area contributed by atoms with Gasteiger partial charge in [-0.3, -0.25) is 9.48 Å². The number of benzene rings is 1. The van der Waals surface area contributed by atoms with Gasteiger partial charge in [0.15, 0.2) is 5.78 Å². The molecular formula is C13H11Cl2FN2O. The smallest absolute Gasteiger partial charge is 0.186 e. The summed E-state index contributed by atoms with van der Waals surface area (Å²) in [5, 5.41) is 4.47. The number of ketones is 1. The van der Waals surface area contributed by atoms with Crippen LogP contribution in [0.5, 0.6) is 0 Å².